The van der Waals surface area contributed by atoms with Gasteiger partial charge < -0.3 is 14.6 Å². The second kappa shape index (κ2) is 4.97. The summed E-state index contributed by atoms with van der Waals surface area (Å²) in [4.78, 5) is 15.8. The van der Waals surface area contributed by atoms with Crippen LogP contribution in [0.2, 0.25) is 0 Å². The van der Waals surface area contributed by atoms with Crippen LogP contribution < -0.4 is 15.0 Å². The third kappa shape index (κ3) is 2.37. The SMILES string of the molecule is Cc1cc(=O)n(CC(O)c2ccc3c(c2)OCO3)cn1. The fourth-order valence-corrected chi connectivity index (χ4v) is 2.07. The van der Waals surface area contributed by atoms with E-state index in [4.69, 9.17) is 9.47 Å². The number of aromatic nitrogens is 2. The second-order valence-electron chi connectivity index (χ2n) is 4.65. The Morgan fingerprint density at radius 1 is 1.35 bits per heavy atom. The summed E-state index contributed by atoms with van der Waals surface area (Å²) in [5.41, 5.74) is 1.14. The average Bonchev–Trinajstić information content (AvgIpc) is 2.89. The first-order valence-corrected chi connectivity index (χ1v) is 6.24. The van der Waals surface area contributed by atoms with Gasteiger partial charge in [0, 0.05) is 11.8 Å². The summed E-state index contributed by atoms with van der Waals surface area (Å²) in [5.74, 6) is 1.27. The number of ether oxygens (including phenoxy) is 2. The molecule has 0 spiro atoms. The normalized spacial score (nSPS) is 14.3. The first-order valence-electron chi connectivity index (χ1n) is 6.24. The van der Waals surface area contributed by atoms with Crippen LogP contribution in [-0.2, 0) is 6.54 Å². The molecule has 0 amide bonds. The lowest BCUT2D eigenvalue weighted by molar-refractivity contribution is 0.153. The van der Waals surface area contributed by atoms with Crippen LogP contribution in [0.25, 0.3) is 0 Å². The van der Waals surface area contributed by atoms with E-state index in [0.717, 1.165) is 0 Å². The van der Waals surface area contributed by atoms with E-state index in [1.807, 2.05) is 0 Å². The van der Waals surface area contributed by atoms with Gasteiger partial charge in [0.05, 0.1) is 19.0 Å². The molecule has 20 heavy (non-hydrogen) atoms. The Bertz CT molecular complexity index is 696. The van der Waals surface area contributed by atoms with Gasteiger partial charge in [-0.2, -0.15) is 0 Å². The van der Waals surface area contributed by atoms with Crippen LogP contribution >= 0.6 is 0 Å². The van der Waals surface area contributed by atoms with Crippen LogP contribution in [0.4, 0.5) is 0 Å². The highest BCUT2D eigenvalue weighted by atomic mass is 16.7. The molecule has 3 rings (SSSR count). The van der Waals surface area contributed by atoms with Crippen LogP contribution in [0, 0.1) is 6.92 Å². The fourth-order valence-electron chi connectivity index (χ4n) is 2.07. The van der Waals surface area contributed by atoms with E-state index < -0.39 is 6.10 Å². The zero-order chi connectivity index (χ0) is 14.1. The van der Waals surface area contributed by atoms with Crippen molar-refractivity contribution < 1.29 is 14.6 Å². The molecule has 2 aromatic rings. The second-order valence-corrected chi connectivity index (χ2v) is 4.65. The predicted octanol–water partition coefficient (Wildman–Crippen LogP) is 1.01. The summed E-state index contributed by atoms with van der Waals surface area (Å²) in [5, 5.41) is 10.2. The van der Waals surface area contributed by atoms with E-state index in [1.165, 1.54) is 17.0 Å². The van der Waals surface area contributed by atoms with E-state index in [1.54, 1.807) is 25.1 Å². The molecule has 6 heteroatoms. The van der Waals surface area contributed by atoms with Gasteiger partial charge in [-0.1, -0.05) is 6.07 Å². The van der Waals surface area contributed by atoms with E-state index in [0.29, 0.717) is 22.8 Å². The molecule has 1 aromatic carbocycles. The maximum absolute atomic E-state index is 11.8. The summed E-state index contributed by atoms with van der Waals surface area (Å²) in [6.07, 6.45) is 0.625. The standard InChI is InChI=1S/C14H14N2O4/c1-9-4-14(18)16(7-15-9)6-11(17)10-2-3-12-13(5-10)20-8-19-12/h2-5,7,11,17H,6,8H2,1H3. The Labute approximate surface area is 115 Å². The lowest BCUT2D eigenvalue weighted by Gasteiger charge is -2.13. The summed E-state index contributed by atoms with van der Waals surface area (Å²) in [6, 6.07) is 6.66. The van der Waals surface area contributed by atoms with Gasteiger partial charge in [-0.25, -0.2) is 4.98 Å². The van der Waals surface area contributed by atoms with Crippen molar-refractivity contribution in [3.8, 4) is 11.5 Å². The van der Waals surface area contributed by atoms with Gasteiger partial charge >= 0.3 is 0 Å². The molecule has 104 valence electrons. The summed E-state index contributed by atoms with van der Waals surface area (Å²) in [7, 11) is 0. The smallest absolute Gasteiger partial charge is 0.253 e. The van der Waals surface area contributed by atoms with Crippen molar-refractivity contribution in [2.75, 3.05) is 6.79 Å². The first kappa shape index (κ1) is 12.7. The highest BCUT2D eigenvalue weighted by Crippen LogP contribution is 2.34. The van der Waals surface area contributed by atoms with Gasteiger partial charge in [-0.3, -0.25) is 9.36 Å². The van der Waals surface area contributed by atoms with Crippen molar-refractivity contribution >= 4 is 0 Å². The third-order valence-electron chi connectivity index (χ3n) is 3.17. The Balaban J connectivity index is 1.82. The van der Waals surface area contributed by atoms with Crippen LogP contribution in [-0.4, -0.2) is 21.5 Å². The van der Waals surface area contributed by atoms with Gasteiger partial charge in [0.2, 0.25) is 6.79 Å². The van der Waals surface area contributed by atoms with Crippen molar-refractivity contribution in [2.24, 2.45) is 0 Å². The largest absolute Gasteiger partial charge is 0.454 e. The Morgan fingerprint density at radius 2 is 2.15 bits per heavy atom. The van der Waals surface area contributed by atoms with E-state index in [9.17, 15) is 9.90 Å². The van der Waals surface area contributed by atoms with Gasteiger partial charge in [-0.15, -0.1) is 0 Å². The number of hydrogen-bond donors (Lipinski definition) is 1. The molecule has 1 N–H and O–H groups in total. The number of benzene rings is 1. The minimum atomic E-state index is -0.813. The molecule has 0 aliphatic carbocycles. The fraction of sp³-hybridized carbons (Fsp3) is 0.286. The first-order chi connectivity index (χ1) is 9.63. The Morgan fingerprint density at radius 3 is 2.95 bits per heavy atom. The summed E-state index contributed by atoms with van der Waals surface area (Å²) < 4.78 is 11.9. The number of aliphatic hydroxyl groups excluding tert-OH is 1. The molecule has 1 aromatic heterocycles. The molecule has 0 bridgehead atoms. The molecular weight excluding hydrogens is 260 g/mol. The molecule has 1 aliphatic heterocycles. The van der Waals surface area contributed by atoms with E-state index in [-0.39, 0.29) is 18.9 Å². The molecule has 0 fully saturated rings. The number of nitrogens with zero attached hydrogens (tertiary/aromatic N) is 2. The monoisotopic (exact) mass is 274 g/mol. The van der Waals surface area contributed by atoms with Crippen molar-refractivity contribution in [3.63, 3.8) is 0 Å². The van der Waals surface area contributed by atoms with E-state index >= 15 is 0 Å². The lowest BCUT2D eigenvalue weighted by Crippen LogP contribution is -2.23. The van der Waals surface area contributed by atoms with E-state index in [2.05, 4.69) is 4.98 Å². The number of aliphatic hydroxyl groups is 1. The summed E-state index contributed by atoms with van der Waals surface area (Å²) in [6.45, 7) is 2.09. The van der Waals surface area contributed by atoms with Gasteiger partial charge in [0.1, 0.15) is 0 Å². The number of hydrogen-bond acceptors (Lipinski definition) is 5. The molecule has 0 saturated carbocycles. The Hall–Kier alpha value is -2.34. The number of rotatable bonds is 3. The highest BCUT2D eigenvalue weighted by Gasteiger charge is 2.17. The van der Waals surface area contributed by atoms with Gasteiger partial charge in [0.15, 0.2) is 11.5 Å². The van der Waals surface area contributed by atoms with Crippen LogP contribution in [0.5, 0.6) is 11.5 Å². The number of aryl methyl sites for hydroxylation is 1. The quantitative estimate of drug-likeness (QED) is 0.904. The topological polar surface area (TPSA) is 73.6 Å². The maximum Gasteiger partial charge on any atom is 0.253 e. The summed E-state index contributed by atoms with van der Waals surface area (Å²) >= 11 is 0. The molecule has 1 aliphatic rings. The average molecular weight is 274 g/mol. The molecule has 0 radical (unpaired) electrons. The van der Waals surface area contributed by atoms with Crippen LogP contribution in [0.15, 0.2) is 35.4 Å². The molecule has 1 unspecified atom stereocenters. The molecule has 1 atom stereocenters. The minimum absolute atomic E-state index is 0.145. The number of fused-ring (bicyclic) bond motifs is 1. The van der Waals surface area contributed by atoms with Gasteiger partial charge in [0.25, 0.3) is 5.56 Å². The molecule has 6 nitrogen and oxygen atoms in total. The molecule has 0 saturated heterocycles. The Kier molecular flexibility index (Phi) is 3.15. The zero-order valence-electron chi connectivity index (χ0n) is 10.9. The maximum atomic E-state index is 11.8. The highest BCUT2D eigenvalue weighted by molar-refractivity contribution is 5.45. The minimum Gasteiger partial charge on any atom is -0.454 e. The van der Waals surface area contributed by atoms with Crippen molar-refractivity contribution in [1.29, 1.82) is 0 Å². The van der Waals surface area contributed by atoms with Crippen LogP contribution in [0.1, 0.15) is 17.4 Å². The molecule has 2 heterocycles. The third-order valence-corrected chi connectivity index (χ3v) is 3.17. The van der Waals surface area contributed by atoms with Crippen LogP contribution in [0.3, 0.4) is 0 Å². The van der Waals surface area contributed by atoms with Crippen molar-refractivity contribution in [1.82, 2.24) is 9.55 Å². The lowest BCUT2D eigenvalue weighted by atomic mass is 10.1. The van der Waals surface area contributed by atoms with Gasteiger partial charge in [-0.05, 0) is 24.6 Å². The molecular formula is C14H14N2O4. The zero-order valence-corrected chi connectivity index (χ0v) is 10.9. The van der Waals surface area contributed by atoms with Crippen molar-refractivity contribution in [2.45, 2.75) is 19.6 Å². The van der Waals surface area contributed by atoms with Crippen molar-refractivity contribution in [3.05, 3.63) is 52.2 Å². The predicted molar refractivity (Wildman–Crippen MR) is 70.8 cm³/mol.